The number of nitrogens with zero attached hydrogens (tertiary/aromatic N) is 4. The molecule has 164 valence electrons. The lowest BCUT2D eigenvalue weighted by Gasteiger charge is -2.18. The first-order valence-corrected chi connectivity index (χ1v) is 10.2. The van der Waals surface area contributed by atoms with Gasteiger partial charge in [-0.2, -0.15) is 9.97 Å². The fourth-order valence-corrected chi connectivity index (χ4v) is 3.97. The van der Waals surface area contributed by atoms with E-state index in [1.54, 1.807) is 0 Å². The first-order valence-electron chi connectivity index (χ1n) is 9.79. The molecule has 0 unspecified atom stereocenters. The van der Waals surface area contributed by atoms with Crippen molar-refractivity contribution in [1.29, 1.82) is 0 Å². The SMILES string of the molecule is CNC(=O)[C@H]1[C@@H](O)[C@H](n2cnc3c(NCc4ccccc4C)nc(Cl)nc32)O[C@@H]1CO. The van der Waals surface area contributed by atoms with E-state index in [1.165, 1.54) is 17.9 Å². The Morgan fingerprint density at radius 2 is 2.10 bits per heavy atom. The molecule has 0 radical (unpaired) electrons. The summed E-state index contributed by atoms with van der Waals surface area (Å²) < 4.78 is 7.27. The van der Waals surface area contributed by atoms with Crippen LogP contribution in [0, 0.1) is 12.8 Å². The van der Waals surface area contributed by atoms with E-state index in [1.807, 2.05) is 31.2 Å². The summed E-state index contributed by atoms with van der Waals surface area (Å²) >= 11 is 6.16. The number of amides is 1. The van der Waals surface area contributed by atoms with Gasteiger partial charge in [0.15, 0.2) is 23.2 Å². The highest BCUT2D eigenvalue weighted by atomic mass is 35.5. The van der Waals surface area contributed by atoms with Crippen LogP contribution in [-0.2, 0) is 16.1 Å². The van der Waals surface area contributed by atoms with Crippen molar-refractivity contribution < 1.29 is 19.7 Å². The Morgan fingerprint density at radius 3 is 2.81 bits per heavy atom. The quantitative estimate of drug-likeness (QED) is 0.412. The van der Waals surface area contributed by atoms with E-state index < -0.39 is 36.9 Å². The second-order valence-electron chi connectivity index (χ2n) is 7.32. The number of hydrogen-bond acceptors (Lipinski definition) is 8. The van der Waals surface area contributed by atoms with Crippen LogP contribution in [0.2, 0.25) is 5.28 Å². The van der Waals surface area contributed by atoms with Crippen LogP contribution in [0.15, 0.2) is 30.6 Å². The molecular weight excluding hydrogens is 424 g/mol. The molecule has 1 aliphatic rings. The molecule has 4 rings (SSSR count). The van der Waals surface area contributed by atoms with Crippen molar-refractivity contribution in [2.45, 2.75) is 31.9 Å². The molecule has 11 heteroatoms. The third-order valence-electron chi connectivity index (χ3n) is 5.48. The smallest absolute Gasteiger partial charge is 0.228 e. The molecule has 1 saturated heterocycles. The molecule has 3 heterocycles. The first-order chi connectivity index (χ1) is 14.9. The van der Waals surface area contributed by atoms with Crippen LogP contribution in [0.4, 0.5) is 5.82 Å². The molecule has 4 N–H and O–H groups in total. The molecule has 1 amide bonds. The average Bonchev–Trinajstić information content (AvgIpc) is 3.32. The fraction of sp³-hybridized carbons (Fsp3) is 0.400. The third-order valence-corrected chi connectivity index (χ3v) is 5.65. The Labute approximate surface area is 183 Å². The minimum atomic E-state index is -1.22. The lowest BCUT2D eigenvalue weighted by atomic mass is 9.97. The topological polar surface area (TPSA) is 134 Å². The van der Waals surface area contributed by atoms with Gasteiger partial charge in [-0.25, -0.2) is 4.98 Å². The summed E-state index contributed by atoms with van der Waals surface area (Å²) in [6.45, 7) is 2.11. The van der Waals surface area contributed by atoms with E-state index in [4.69, 9.17) is 16.3 Å². The minimum absolute atomic E-state index is 0.00409. The van der Waals surface area contributed by atoms with Crippen LogP contribution in [0.25, 0.3) is 11.2 Å². The lowest BCUT2D eigenvalue weighted by Crippen LogP contribution is -2.40. The number of imidazole rings is 1. The number of aliphatic hydroxyl groups is 2. The van der Waals surface area contributed by atoms with E-state index in [0.29, 0.717) is 23.5 Å². The second-order valence-corrected chi connectivity index (χ2v) is 7.66. The van der Waals surface area contributed by atoms with Crippen molar-refractivity contribution >= 4 is 34.5 Å². The number of anilines is 1. The number of aryl methyl sites for hydroxylation is 1. The Hall–Kier alpha value is -2.79. The monoisotopic (exact) mass is 446 g/mol. The maximum Gasteiger partial charge on any atom is 0.228 e. The van der Waals surface area contributed by atoms with Crippen molar-refractivity contribution in [2.24, 2.45) is 5.92 Å². The largest absolute Gasteiger partial charge is 0.394 e. The summed E-state index contributed by atoms with van der Waals surface area (Å²) in [7, 11) is 1.46. The van der Waals surface area contributed by atoms with E-state index in [-0.39, 0.29) is 5.28 Å². The highest BCUT2D eigenvalue weighted by molar-refractivity contribution is 6.28. The van der Waals surface area contributed by atoms with Gasteiger partial charge >= 0.3 is 0 Å². The van der Waals surface area contributed by atoms with Gasteiger partial charge in [-0.15, -0.1) is 0 Å². The van der Waals surface area contributed by atoms with Crippen LogP contribution in [0.1, 0.15) is 17.4 Å². The van der Waals surface area contributed by atoms with Crippen LogP contribution >= 0.6 is 11.6 Å². The average molecular weight is 447 g/mol. The van der Waals surface area contributed by atoms with Crippen LogP contribution in [-0.4, -0.2) is 61.5 Å². The molecule has 31 heavy (non-hydrogen) atoms. The summed E-state index contributed by atoms with van der Waals surface area (Å²) in [5.41, 5.74) is 3.01. The van der Waals surface area contributed by atoms with Gasteiger partial charge in [-0.05, 0) is 29.7 Å². The summed E-state index contributed by atoms with van der Waals surface area (Å²) in [6.07, 6.45) is -1.61. The predicted molar refractivity (Wildman–Crippen MR) is 113 cm³/mol. The van der Waals surface area contributed by atoms with Gasteiger partial charge in [-0.1, -0.05) is 24.3 Å². The lowest BCUT2D eigenvalue weighted by molar-refractivity contribution is -0.129. The number of carbonyl (C=O) groups is 1. The zero-order valence-electron chi connectivity index (χ0n) is 17.0. The third kappa shape index (κ3) is 3.94. The number of hydrogen-bond donors (Lipinski definition) is 4. The molecule has 0 spiro atoms. The number of fused-ring (bicyclic) bond motifs is 1. The van der Waals surface area contributed by atoms with Gasteiger partial charge in [0.1, 0.15) is 6.10 Å². The predicted octanol–water partition coefficient (Wildman–Crippen LogP) is 1.01. The van der Waals surface area contributed by atoms with Gasteiger partial charge < -0.3 is 25.6 Å². The van der Waals surface area contributed by atoms with Gasteiger partial charge in [0, 0.05) is 13.6 Å². The van der Waals surface area contributed by atoms with Crippen molar-refractivity contribution in [3.05, 3.63) is 47.0 Å². The van der Waals surface area contributed by atoms with E-state index >= 15 is 0 Å². The molecule has 1 aromatic carbocycles. The summed E-state index contributed by atoms with van der Waals surface area (Å²) in [6, 6.07) is 7.96. The van der Waals surface area contributed by atoms with Gasteiger partial charge in [0.2, 0.25) is 11.2 Å². The van der Waals surface area contributed by atoms with Gasteiger partial charge in [-0.3, -0.25) is 9.36 Å². The van der Waals surface area contributed by atoms with Crippen LogP contribution in [0.5, 0.6) is 0 Å². The minimum Gasteiger partial charge on any atom is -0.394 e. The van der Waals surface area contributed by atoms with Crippen molar-refractivity contribution in [3.8, 4) is 0 Å². The van der Waals surface area contributed by atoms with Gasteiger partial charge in [0.25, 0.3) is 0 Å². The maximum atomic E-state index is 12.2. The Morgan fingerprint density at radius 1 is 1.32 bits per heavy atom. The molecule has 10 nitrogen and oxygen atoms in total. The molecule has 2 aromatic heterocycles. The summed E-state index contributed by atoms with van der Waals surface area (Å²) in [5, 5.41) is 26.1. The number of ether oxygens (including phenoxy) is 1. The number of aliphatic hydroxyl groups excluding tert-OH is 2. The Kier molecular flexibility index (Phi) is 6.05. The van der Waals surface area contributed by atoms with E-state index in [2.05, 4.69) is 25.6 Å². The molecule has 0 saturated carbocycles. The van der Waals surface area contributed by atoms with E-state index in [9.17, 15) is 15.0 Å². The molecule has 0 bridgehead atoms. The fourth-order valence-electron chi connectivity index (χ4n) is 3.81. The normalized spacial score (nSPS) is 23.3. The second kappa shape index (κ2) is 8.75. The zero-order chi connectivity index (χ0) is 22.1. The van der Waals surface area contributed by atoms with Crippen LogP contribution < -0.4 is 10.6 Å². The zero-order valence-corrected chi connectivity index (χ0v) is 17.7. The molecule has 3 aromatic rings. The Balaban J connectivity index is 1.66. The number of carbonyl (C=O) groups excluding carboxylic acids is 1. The number of rotatable bonds is 6. The standard InChI is InChI=1S/C20H23ClN6O4/c1-10-5-3-4-6-11(10)7-23-16-14-17(26-20(21)25-16)27(9-24-14)19-15(29)13(18(30)22-2)12(8-28)31-19/h3-6,9,12-13,15,19,28-29H,7-8H2,1-2H3,(H,22,30)(H,23,25,26)/t12-,13-,15-,19-/m1/s1. The first kappa shape index (κ1) is 21.4. The number of nitrogens with one attached hydrogen (secondary N) is 2. The number of benzene rings is 1. The van der Waals surface area contributed by atoms with Crippen molar-refractivity contribution in [2.75, 3.05) is 19.0 Å². The molecule has 4 atom stereocenters. The highest BCUT2D eigenvalue weighted by Gasteiger charge is 2.48. The molecule has 1 fully saturated rings. The molecule has 0 aliphatic carbocycles. The number of aromatic nitrogens is 4. The van der Waals surface area contributed by atoms with Crippen molar-refractivity contribution in [1.82, 2.24) is 24.8 Å². The molecular formula is C20H23ClN6O4. The number of halogens is 1. The van der Waals surface area contributed by atoms with Gasteiger partial charge in [0.05, 0.1) is 25.0 Å². The Bertz CT molecular complexity index is 1110. The molecule has 1 aliphatic heterocycles. The van der Waals surface area contributed by atoms with E-state index in [0.717, 1.165) is 11.1 Å². The highest BCUT2D eigenvalue weighted by Crippen LogP contribution is 2.36. The summed E-state index contributed by atoms with van der Waals surface area (Å²) in [4.78, 5) is 25.1. The summed E-state index contributed by atoms with van der Waals surface area (Å²) in [5.74, 6) is -0.925. The van der Waals surface area contributed by atoms with Crippen molar-refractivity contribution in [3.63, 3.8) is 0 Å². The van der Waals surface area contributed by atoms with Crippen LogP contribution in [0.3, 0.4) is 0 Å². The maximum absolute atomic E-state index is 12.2.